The molecule has 21 heavy (non-hydrogen) atoms. The largest absolute Gasteiger partial charge is 0.365 e. The molecule has 0 bridgehead atoms. The molecule has 0 unspecified atom stereocenters. The van der Waals surface area contributed by atoms with Gasteiger partial charge in [-0.3, -0.25) is 0 Å². The van der Waals surface area contributed by atoms with Crippen molar-refractivity contribution >= 4 is 27.4 Å². The van der Waals surface area contributed by atoms with Gasteiger partial charge in [0, 0.05) is 13.1 Å². The minimum absolute atomic E-state index is 0.767. The Balaban J connectivity index is 1.74. The molecule has 3 rings (SSSR count). The molecule has 108 valence electrons. The van der Waals surface area contributed by atoms with Crippen LogP contribution < -0.4 is 5.32 Å². The predicted molar refractivity (Wildman–Crippen MR) is 88.6 cm³/mol. The second kappa shape index (κ2) is 6.20. The number of nitrogens with one attached hydrogen (secondary N) is 1. The summed E-state index contributed by atoms with van der Waals surface area (Å²) in [5, 5.41) is 6.55. The summed E-state index contributed by atoms with van der Waals surface area (Å²) < 4.78 is 0. The smallest absolute Gasteiger partial charge is 0.138 e. The van der Waals surface area contributed by atoms with Crippen molar-refractivity contribution < 1.29 is 0 Å². The third kappa shape index (κ3) is 3.37. The third-order valence-electron chi connectivity index (χ3n) is 3.21. The minimum atomic E-state index is 0.767. The molecule has 1 aromatic carbocycles. The lowest BCUT2D eigenvalue weighted by Crippen LogP contribution is -2.11. The third-order valence-corrected chi connectivity index (χ3v) is 4.03. The predicted octanol–water partition coefficient (Wildman–Crippen LogP) is 3.37. The summed E-state index contributed by atoms with van der Waals surface area (Å²) in [6, 6.07) is 10.7. The van der Waals surface area contributed by atoms with Crippen LogP contribution in [0.15, 0.2) is 42.0 Å². The molecular weight excluding hydrogens is 280 g/mol. The Labute approximate surface area is 128 Å². The van der Waals surface area contributed by atoms with E-state index in [0.29, 0.717) is 0 Å². The number of anilines is 1. The van der Waals surface area contributed by atoms with Crippen molar-refractivity contribution in [3.63, 3.8) is 0 Å². The van der Waals surface area contributed by atoms with Crippen molar-refractivity contribution in [2.45, 2.75) is 13.1 Å². The van der Waals surface area contributed by atoms with Crippen LogP contribution in [0.5, 0.6) is 0 Å². The molecule has 0 spiro atoms. The lowest BCUT2D eigenvalue weighted by atomic mass is 10.1. The molecule has 0 aliphatic rings. The minimum Gasteiger partial charge on any atom is -0.365 e. The van der Waals surface area contributed by atoms with E-state index in [-0.39, 0.29) is 0 Å². The van der Waals surface area contributed by atoms with Crippen LogP contribution in [-0.2, 0) is 13.1 Å². The number of thiophene rings is 1. The van der Waals surface area contributed by atoms with Gasteiger partial charge >= 0.3 is 0 Å². The number of fused-ring (bicyclic) bond motifs is 1. The van der Waals surface area contributed by atoms with Gasteiger partial charge in [-0.1, -0.05) is 24.3 Å². The van der Waals surface area contributed by atoms with Gasteiger partial charge < -0.3 is 10.2 Å². The Bertz CT molecular complexity index is 736. The van der Waals surface area contributed by atoms with Gasteiger partial charge in [-0.05, 0) is 36.7 Å². The molecule has 0 atom stereocenters. The molecule has 0 saturated carbocycles. The van der Waals surface area contributed by atoms with Crippen LogP contribution in [0.2, 0.25) is 0 Å². The molecule has 0 saturated heterocycles. The zero-order chi connectivity index (χ0) is 14.7. The first kappa shape index (κ1) is 14.0. The second-order valence-corrected chi connectivity index (χ2v) is 6.17. The summed E-state index contributed by atoms with van der Waals surface area (Å²) in [5.41, 5.74) is 2.58. The van der Waals surface area contributed by atoms with Crippen molar-refractivity contribution in [1.29, 1.82) is 0 Å². The van der Waals surface area contributed by atoms with E-state index in [4.69, 9.17) is 0 Å². The Morgan fingerprint density at radius 1 is 1.14 bits per heavy atom. The number of aromatic nitrogens is 2. The standard InChI is InChI=1S/C16H18N4S/c1-20(2)10-13-5-3-4-12(8-13)9-17-15-14-6-7-21-16(14)19-11-18-15/h3-8,11H,9-10H2,1-2H3,(H,17,18,19). The van der Waals surface area contributed by atoms with Crippen LogP contribution in [0.1, 0.15) is 11.1 Å². The van der Waals surface area contributed by atoms with Gasteiger partial charge in [-0.2, -0.15) is 0 Å². The topological polar surface area (TPSA) is 41.0 Å². The highest BCUT2D eigenvalue weighted by Gasteiger charge is 2.04. The van der Waals surface area contributed by atoms with E-state index in [9.17, 15) is 0 Å². The second-order valence-electron chi connectivity index (χ2n) is 5.27. The van der Waals surface area contributed by atoms with Crippen molar-refractivity contribution in [3.8, 4) is 0 Å². The van der Waals surface area contributed by atoms with Crippen LogP contribution in [0, 0.1) is 0 Å². The van der Waals surface area contributed by atoms with Crippen LogP contribution in [0.25, 0.3) is 10.2 Å². The Kier molecular flexibility index (Phi) is 4.13. The van der Waals surface area contributed by atoms with Crippen molar-refractivity contribution in [2.24, 2.45) is 0 Å². The average molecular weight is 298 g/mol. The van der Waals surface area contributed by atoms with Gasteiger partial charge in [0.05, 0.1) is 5.39 Å². The monoisotopic (exact) mass is 298 g/mol. The molecular formula is C16H18N4S. The normalized spacial score (nSPS) is 11.2. The summed E-state index contributed by atoms with van der Waals surface area (Å²) in [5.74, 6) is 0.902. The van der Waals surface area contributed by atoms with Crippen molar-refractivity contribution in [3.05, 3.63) is 53.2 Å². The number of hydrogen-bond donors (Lipinski definition) is 1. The van der Waals surface area contributed by atoms with Crippen LogP contribution in [-0.4, -0.2) is 29.0 Å². The Morgan fingerprint density at radius 3 is 2.86 bits per heavy atom. The highest BCUT2D eigenvalue weighted by Crippen LogP contribution is 2.24. The lowest BCUT2D eigenvalue weighted by Gasteiger charge is -2.11. The van der Waals surface area contributed by atoms with Crippen LogP contribution in [0.3, 0.4) is 0 Å². The van der Waals surface area contributed by atoms with Crippen molar-refractivity contribution in [1.82, 2.24) is 14.9 Å². The maximum Gasteiger partial charge on any atom is 0.138 e. The van der Waals surface area contributed by atoms with E-state index < -0.39 is 0 Å². The summed E-state index contributed by atoms with van der Waals surface area (Å²) in [6.07, 6.45) is 1.61. The first-order valence-corrected chi connectivity index (χ1v) is 7.75. The zero-order valence-electron chi connectivity index (χ0n) is 12.2. The Hall–Kier alpha value is -1.98. The van der Waals surface area contributed by atoms with Gasteiger partial charge in [0.25, 0.3) is 0 Å². The molecule has 0 aliphatic carbocycles. The SMILES string of the molecule is CN(C)Cc1cccc(CNc2ncnc3sccc23)c1. The zero-order valence-corrected chi connectivity index (χ0v) is 13.0. The number of nitrogens with zero attached hydrogens (tertiary/aromatic N) is 3. The van der Waals surface area contributed by atoms with Crippen LogP contribution in [0.4, 0.5) is 5.82 Å². The fourth-order valence-corrected chi connectivity index (χ4v) is 3.05. The van der Waals surface area contributed by atoms with Gasteiger partial charge in [-0.25, -0.2) is 9.97 Å². The number of hydrogen-bond acceptors (Lipinski definition) is 5. The highest BCUT2D eigenvalue weighted by molar-refractivity contribution is 7.16. The highest BCUT2D eigenvalue weighted by atomic mass is 32.1. The molecule has 0 fully saturated rings. The van der Waals surface area contributed by atoms with E-state index in [1.165, 1.54) is 11.1 Å². The average Bonchev–Trinajstić information content (AvgIpc) is 2.93. The quantitative estimate of drug-likeness (QED) is 0.784. The first-order valence-electron chi connectivity index (χ1n) is 6.87. The molecule has 2 heterocycles. The molecule has 5 heteroatoms. The first-order chi connectivity index (χ1) is 10.2. The molecule has 3 aromatic rings. The molecule has 0 amide bonds. The maximum absolute atomic E-state index is 4.34. The fourth-order valence-electron chi connectivity index (χ4n) is 2.32. The number of benzene rings is 1. The number of rotatable bonds is 5. The van der Waals surface area contributed by atoms with E-state index in [1.54, 1.807) is 17.7 Å². The molecule has 1 N–H and O–H groups in total. The van der Waals surface area contributed by atoms with E-state index in [0.717, 1.165) is 29.1 Å². The summed E-state index contributed by atoms with van der Waals surface area (Å²) in [6.45, 7) is 1.72. The van der Waals surface area contributed by atoms with Gasteiger partial charge in [0.2, 0.25) is 0 Å². The maximum atomic E-state index is 4.34. The van der Waals surface area contributed by atoms with E-state index in [2.05, 4.69) is 64.6 Å². The molecule has 2 aromatic heterocycles. The van der Waals surface area contributed by atoms with E-state index in [1.807, 2.05) is 5.38 Å². The molecule has 0 aliphatic heterocycles. The summed E-state index contributed by atoms with van der Waals surface area (Å²) in [4.78, 5) is 11.8. The molecule has 4 nitrogen and oxygen atoms in total. The van der Waals surface area contributed by atoms with Crippen molar-refractivity contribution in [2.75, 3.05) is 19.4 Å². The fraction of sp³-hybridized carbons (Fsp3) is 0.250. The van der Waals surface area contributed by atoms with Gasteiger partial charge in [-0.15, -0.1) is 11.3 Å². The summed E-state index contributed by atoms with van der Waals surface area (Å²) in [7, 11) is 4.16. The molecule has 0 radical (unpaired) electrons. The summed E-state index contributed by atoms with van der Waals surface area (Å²) >= 11 is 1.64. The van der Waals surface area contributed by atoms with Gasteiger partial charge in [0.15, 0.2) is 0 Å². The van der Waals surface area contributed by atoms with Gasteiger partial charge in [0.1, 0.15) is 17.0 Å². The lowest BCUT2D eigenvalue weighted by molar-refractivity contribution is 0.402. The Morgan fingerprint density at radius 2 is 2.00 bits per heavy atom. The van der Waals surface area contributed by atoms with E-state index >= 15 is 0 Å². The van der Waals surface area contributed by atoms with Crippen LogP contribution >= 0.6 is 11.3 Å².